The number of aryl methyl sites for hydroxylation is 1. The normalized spacial score (nSPS) is 19.7. The van der Waals surface area contributed by atoms with E-state index in [9.17, 15) is 5.11 Å². The summed E-state index contributed by atoms with van der Waals surface area (Å²) in [5.74, 6) is 1.44. The van der Waals surface area contributed by atoms with Gasteiger partial charge < -0.3 is 9.63 Å². The fraction of sp³-hybridized carbons (Fsp3) is 0.818. The van der Waals surface area contributed by atoms with Crippen molar-refractivity contribution in [1.29, 1.82) is 0 Å². The van der Waals surface area contributed by atoms with Crippen LogP contribution in [0.1, 0.15) is 38.4 Å². The van der Waals surface area contributed by atoms with Gasteiger partial charge in [-0.1, -0.05) is 19.0 Å². The fourth-order valence-corrected chi connectivity index (χ4v) is 1.99. The maximum absolute atomic E-state index is 9.85. The van der Waals surface area contributed by atoms with Crippen LogP contribution in [0.3, 0.4) is 0 Å². The first kappa shape index (κ1) is 11.5. The summed E-state index contributed by atoms with van der Waals surface area (Å²) in [4.78, 5) is 6.41. The summed E-state index contributed by atoms with van der Waals surface area (Å²) in [6.45, 7) is 6.15. The summed E-state index contributed by atoms with van der Waals surface area (Å²) >= 11 is 0. The molecule has 0 saturated carbocycles. The number of aromatic nitrogens is 2. The molecule has 5 heteroatoms. The van der Waals surface area contributed by atoms with Crippen LogP contribution in [0.2, 0.25) is 0 Å². The van der Waals surface area contributed by atoms with Crippen LogP contribution in [0.25, 0.3) is 0 Å². The SMILES string of the molecule is CCCc1noc(CN2CC(O)(CC)C2)n1. The van der Waals surface area contributed by atoms with Crippen molar-refractivity contribution in [3.05, 3.63) is 11.7 Å². The van der Waals surface area contributed by atoms with Gasteiger partial charge in [0, 0.05) is 19.5 Å². The van der Waals surface area contributed by atoms with E-state index in [4.69, 9.17) is 4.52 Å². The molecular formula is C11H19N3O2. The van der Waals surface area contributed by atoms with Crippen molar-refractivity contribution >= 4 is 0 Å². The minimum absolute atomic E-state index is 0.494. The lowest BCUT2D eigenvalue weighted by Crippen LogP contribution is -2.60. The Morgan fingerprint density at radius 1 is 1.44 bits per heavy atom. The molecule has 0 aliphatic carbocycles. The van der Waals surface area contributed by atoms with Gasteiger partial charge in [0.25, 0.3) is 0 Å². The smallest absolute Gasteiger partial charge is 0.240 e. The molecule has 0 unspecified atom stereocenters. The van der Waals surface area contributed by atoms with Gasteiger partial charge in [-0.3, -0.25) is 4.90 Å². The van der Waals surface area contributed by atoms with Gasteiger partial charge in [-0.2, -0.15) is 4.98 Å². The molecule has 1 N–H and O–H groups in total. The Bertz CT molecular complexity index is 345. The van der Waals surface area contributed by atoms with Gasteiger partial charge in [0.2, 0.25) is 5.89 Å². The van der Waals surface area contributed by atoms with Crippen LogP contribution in [0.15, 0.2) is 4.52 Å². The van der Waals surface area contributed by atoms with Crippen molar-refractivity contribution in [2.24, 2.45) is 0 Å². The first-order valence-electron chi connectivity index (χ1n) is 5.91. The molecule has 0 spiro atoms. The molecule has 90 valence electrons. The zero-order valence-electron chi connectivity index (χ0n) is 9.94. The van der Waals surface area contributed by atoms with Gasteiger partial charge in [0.1, 0.15) is 0 Å². The highest BCUT2D eigenvalue weighted by Gasteiger charge is 2.39. The van der Waals surface area contributed by atoms with Gasteiger partial charge in [0.05, 0.1) is 12.1 Å². The van der Waals surface area contributed by atoms with E-state index in [-0.39, 0.29) is 0 Å². The number of nitrogens with zero attached hydrogens (tertiary/aromatic N) is 3. The topological polar surface area (TPSA) is 62.4 Å². The molecule has 0 atom stereocenters. The Kier molecular flexibility index (Phi) is 3.25. The molecule has 1 fully saturated rings. The van der Waals surface area contributed by atoms with E-state index < -0.39 is 5.60 Å². The maximum Gasteiger partial charge on any atom is 0.240 e. The van der Waals surface area contributed by atoms with Crippen molar-refractivity contribution < 1.29 is 9.63 Å². The second-order valence-corrected chi connectivity index (χ2v) is 4.58. The molecule has 1 saturated heterocycles. The largest absolute Gasteiger partial charge is 0.387 e. The Hall–Kier alpha value is -0.940. The third-order valence-corrected chi connectivity index (χ3v) is 3.04. The Balaban J connectivity index is 1.82. The zero-order chi connectivity index (χ0) is 11.6. The van der Waals surface area contributed by atoms with Gasteiger partial charge in [-0.05, 0) is 12.8 Å². The lowest BCUT2D eigenvalue weighted by Gasteiger charge is -2.45. The Morgan fingerprint density at radius 3 is 2.81 bits per heavy atom. The molecule has 2 rings (SSSR count). The molecule has 0 aromatic carbocycles. The molecule has 1 aromatic heterocycles. The number of hydrogen-bond donors (Lipinski definition) is 1. The molecule has 2 heterocycles. The molecule has 0 radical (unpaired) electrons. The van der Waals surface area contributed by atoms with Crippen molar-refractivity contribution in [2.75, 3.05) is 13.1 Å². The van der Waals surface area contributed by atoms with Crippen LogP contribution < -0.4 is 0 Å². The van der Waals surface area contributed by atoms with Crippen molar-refractivity contribution in [3.8, 4) is 0 Å². The average Bonchev–Trinajstić information content (AvgIpc) is 2.64. The van der Waals surface area contributed by atoms with Crippen LogP contribution in [-0.2, 0) is 13.0 Å². The quantitative estimate of drug-likeness (QED) is 0.809. The summed E-state index contributed by atoms with van der Waals surface area (Å²) in [5, 5.41) is 13.7. The summed E-state index contributed by atoms with van der Waals surface area (Å²) < 4.78 is 5.14. The first-order valence-corrected chi connectivity index (χ1v) is 5.91. The molecule has 16 heavy (non-hydrogen) atoms. The summed E-state index contributed by atoms with van der Waals surface area (Å²) in [6, 6.07) is 0. The van der Waals surface area contributed by atoms with Gasteiger partial charge in [-0.25, -0.2) is 0 Å². The van der Waals surface area contributed by atoms with Gasteiger partial charge in [0.15, 0.2) is 5.82 Å². The lowest BCUT2D eigenvalue weighted by molar-refractivity contribution is -0.106. The van der Waals surface area contributed by atoms with Crippen molar-refractivity contribution in [3.63, 3.8) is 0 Å². The van der Waals surface area contributed by atoms with Crippen LogP contribution >= 0.6 is 0 Å². The van der Waals surface area contributed by atoms with E-state index in [1.54, 1.807) is 0 Å². The van der Waals surface area contributed by atoms with E-state index in [2.05, 4.69) is 22.0 Å². The van der Waals surface area contributed by atoms with Crippen molar-refractivity contribution in [1.82, 2.24) is 15.0 Å². The highest BCUT2D eigenvalue weighted by molar-refractivity contribution is 4.96. The Labute approximate surface area is 95.4 Å². The van der Waals surface area contributed by atoms with Crippen molar-refractivity contribution in [2.45, 2.75) is 45.3 Å². The molecule has 1 aliphatic rings. The lowest BCUT2D eigenvalue weighted by atomic mass is 9.91. The highest BCUT2D eigenvalue weighted by atomic mass is 16.5. The van der Waals surface area contributed by atoms with Gasteiger partial charge in [-0.15, -0.1) is 0 Å². The van der Waals surface area contributed by atoms with Crippen LogP contribution in [0.5, 0.6) is 0 Å². The summed E-state index contributed by atoms with van der Waals surface area (Å²) in [7, 11) is 0. The first-order chi connectivity index (χ1) is 7.65. The van der Waals surface area contributed by atoms with Crippen LogP contribution in [0.4, 0.5) is 0 Å². The predicted octanol–water partition coefficient (Wildman–Crippen LogP) is 0.979. The molecular weight excluding hydrogens is 206 g/mol. The maximum atomic E-state index is 9.85. The van der Waals surface area contributed by atoms with E-state index in [0.717, 1.165) is 25.1 Å². The second kappa shape index (κ2) is 4.51. The monoisotopic (exact) mass is 225 g/mol. The molecule has 0 bridgehead atoms. The van der Waals surface area contributed by atoms with E-state index in [1.807, 2.05) is 6.92 Å². The summed E-state index contributed by atoms with van der Waals surface area (Å²) in [6.07, 6.45) is 2.69. The minimum Gasteiger partial charge on any atom is -0.387 e. The van der Waals surface area contributed by atoms with Gasteiger partial charge >= 0.3 is 0 Å². The number of likely N-dealkylation sites (tertiary alicyclic amines) is 1. The third kappa shape index (κ3) is 2.41. The highest BCUT2D eigenvalue weighted by Crippen LogP contribution is 2.25. The molecule has 1 aliphatic heterocycles. The molecule has 5 nitrogen and oxygen atoms in total. The standard InChI is InChI=1S/C11H19N3O2/c1-3-5-9-12-10(16-13-9)6-14-7-11(15,4-2)8-14/h15H,3-8H2,1-2H3. The van der Waals surface area contributed by atoms with Crippen LogP contribution in [0, 0.1) is 0 Å². The predicted molar refractivity (Wildman–Crippen MR) is 58.8 cm³/mol. The van der Waals surface area contributed by atoms with E-state index in [0.29, 0.717) is 25.5 Å². The number of rotatable bonds is 5. The molecule has 1 aromatic rings. The number of hydrogen-bond acceptors (Lipinski definition) is 5. The minimum atomic E-state index is -0.494. The zero-order valence-corrected chi connectivity index (χ0v) is 9.94. The third-order valence-electron chi connectivity index (χ3n) is 3.04. The van der Waals surface area contributed by atoms with Crippen LogP contribution in [-0.4, -0.2) is 38.8 Å². The average molecular weight is 225 g/mol. The fourth-order valence-electron chi connectivity index (χ4n) is 1.99. The van der Waals surface area contributed by atoms with E-state index in [1.165, 1.54) is 0 Å². The number of β-amino-alcohol motifs (C(OH)–C–C–N with tert-alkyl or cyclic N) is 1. The Morgan fingerprint density at radius 2 is 2.19 bits per heavy atom. The number of aliphatic hydroxyl groups is 1. The molecule has 0 amide bonds. The van der Waals surface area contributed by atoms with E-state index >= 15 is 0 Å². The second-order valence-electron chi connectivity index (χ2n) is 4.58. The summed E-state index contributed by atoms with van der Waals surface area (Å²) in [5.41, 5.74) is -0.494.